The number of halogens is 2. The Morgan fingerprint density at radius 2 is 1.81 bits per heavy atom. The van der Waals surface area contributed by atoms with Gasteiger partial charge in [-0.3, -0.25) is 4.79 Å². The van der Waals surface area contributed by atoms with Crippen LogP contribution < -0.4 is 5.43 Å². The zero-order valence-corrected chi connectivity index (χ0v) is 14.5. The second-order valence-electron chi connectivity index (χ2n) is 5.48. The Balaban J connectivity index is 1.77. The number of para-hydroxylation sites is 1. The second-order valence-corrected chi connectivity index (χ2v) is 6.30. The molecule has 4 rings (SSSR count). The van der Waals surface area contributed by atoms with E-state index in [2.05, 4.69) is 4.99 Å². The summed E-state index contributed by atoms with van der Waals surface area (Å²) >= 11 is 11.9. The minimum Gasteiger partial charge on any atom is -0.463 e. The number of cyclic esters (lactones) is 1. The van der Waals surface area contributed by atoms with Gasteiger partial charge in [-0.2, -0.15) is 0 Å². The largest absolute Gasteiger partial charge is 0.463 e. The number of ether oxygens (including phenoxy) is 1. The molecular weight excluding hydrogens is 377 g/mol. The lowest BCUT2D eigenvalue weighted by atomic mass is 10.1. The molecule has 0 saturated heterocycles. The maximum absolute atomic E-state index is 12.5. The van der Waals surface area contributed by atoms with Gasteiger partial charge in [-0.25, -0.2) is 9.79 Å². The number of fused-ring (bicyclic) bond motifs is 1. The molecule has 3 aromatic rings. The number of hydrogen-bond donors (Lipinski definition) is 0. The molecule has 2 heterocycles. The summed E-state index contributed by atoms with van der Waals surface area (Å²) in [6, 6.07) is 11.6. The molecule has 0 unspecified atom stereocenters. The van der Waals surface area contributed by atoms with Gasteiger partial charge in [-0.05, 0) is 36.4 Å². The van der Waals surface area contributed by atoms with Crippen LogP contribution in [0.4, 0.5) is 0 Å². The van der Waals surface area contributed by atoms with E-state index >= 15 is 0 Å². The van der Waals surface area contributed by atoms with E-state index in [1.165, 1.54) is 12.3 Å². The van der Waals surface area contributed by atoms with Crippen LogP contribution in [0.3, 0.4) is 0 Å². The van der Waals surface area contributed by atoms with E-state index in [1.54, 1.807) is 42.5 Å². The fourth-order valence-electron chi connectivity index (χ4n) is 2.50. The predicted octanol–water partition coefficient (Wildman–Crippen LogP) is 4.44. The van der Waals surface area contributed by atoms with Crippen molar-refractivity contribution in [3.8, 4) is 0 Å². The van der Waals surface area contributed by atoms with E-state index < -0.39 is 5.97 Å². The quantitative estimate of drug-likeness (QED) is 0.482. The fraction of sp³-hybridized carbons (Fsp3) is 0. The van der Waals surface area contributed by atoms with Gasteiger partial charge in [0.1, 0.15) is 11.8 Å². The molecule has 0 fully saturated rings. The van der Waals surface area contributed by atoms with Crippen molar-refractivity contribution in [3.63, 3.8) is 0 Å². The van der Waals surface area contributed by atoms with Gasteiger partial charge in [-0.15, -0.1) is 0 Å². The van der Waals surface area contributed by atoms with Gasteiger partial charge in [0, 0.05) is 5.56 Å². The minimum absolute atomic E-state index is 0.00588. The van der Waals surface area contributed by atoms with Crippen molar-refractivity contribution >= 4 is 52.1 Å². The lowest BCUT2D eigenvalue weighted by Gasteiger charge is -2.01. The number of hydrogen-bond acceptors (Lipinski definition) is 5. The first kappa shape index (κ1) is 16.6. The number of rotatable bonds is 2. The average molecular weight is 386 g/mol. The lowest BCUT2D eigenvalue weighted by Crippen LogP contribution is -2.07. The van der Waals surface area contributed by atoms with Crippen LogP contribution in [-0.2, 0) is 9.53 Å². The van der Waals surface area contributed by atoms with E-state index in [0.29, 0.717) is 26.6 Å². The molecule has 2 aromatic carbocycles. The normalized spacial score (nSPS) is 15.4. The highest BCUT2D eigenvalue weighted by molar-refractivity contribution is 6.42. The van der Waals surface area contributed by atoms with Crippen LogP contribution in [0.15, 0.2) is 68.6 Å². The van der Waals surface area contributed by atoms with E-state index in [-0.39, 0.29) is 22.6 Å². The van der Waals surface area contributed by atoms with E-state index in [0.717, 1.165) is 0 Å². The van der Waals surface area contributed by atoms with Gasteiger partial charge in [0.2, 0.25) is 5.90 Å². The van der Waals surface area contributed by atoms with E-state index in [4.69, 9.17) is 32.4 Å². The zero-order valence-electron chi connectivity index (χ0n) is 13.0. The lowest BCUT2D eigenvalue weighted by molar-refractivity contribution is -0.129. The van der Waals surface area contributed by atoms with Crippen molar-refractivity contribution in [3.05, 3.63) is 85.8 Å². The Bertz CT molecular complexity index is 1180. The van der Waals surface area contributed by atoms with Crippen molar-refractivity contribution in [1.29, 1.82) is 0 Å². The van der Waals surface area contributed by atoms with Crippen LogP contribution in [-0.4, -0.2) is 11.9 Å². The molecule has 1 aromatic heterocycles. The summed E-state index contributed by atoms with van der Waals surface area (Å²) in [6.45, 7) is 0. The molecule has 128 valence electrons. The van der Waals surface area contributed by atoms with Crippen molar-refractivity contribution in [1.82, 2.24) is 0 Å². The van der Waals surface area contributed by atoms with Gasteiger partial charge in [0.15, 0.2) is 11.1 Å². The van der Waals surface area contributed by atoms with Crippen molar-refractivity contribution in [2.45, 2.75) is 0 Å². The van der Waals surface area contributed by atoms with E-state index in [9.17, 15) is 9.59 Å². The monoisotopic (exact) mass is 385 g/mol. The summed E-state index contributed by atoms with van der Waals surface area (Å²) in [4.78, 5) is 28.8. The van der Waals surface area contributed by atoms with Crippen LogP contribution in [0.1, 0.15) is 11.1 Å². The third-order valence-corrected chi connectivity index (χ3v) is 4.53. The third kappa shape index (κ3) is 2.92. The standard InChI is InChI=1S/C19H9Cl2NO4/c20-13-6-5-10(7-14(13)21)18-22-15(19(24)26-18)8-11-9-25-16-4-2-1-3-12(16)17(11)23/h1-9H/b15-8-. The smallest absolute Gasteiger partial charge is 0.363 e. The summed E-state index contributed by atoms with van der Waals surface area (Å²) < 4.78 is 10.6. The van der Waals surface area contributed by atoms with Crippen molar-refractivity contribution in [2.24, 2.45) is 4.99 Å². The molecule has 7 heteroatoms. The molecule has 1 aliphatic heterocycles. The Hall–Kier alpha value is -2.89. The highest BCUT2D eigenvalue weighted by atomic mass is 35.5. The van der Waals surface area contributed by atoms with Gasteiger partial charge in [0.05, 0.1) is 21.0 Å². The summed E-state index contributed by atoms with van der Waals surface area (Å²) in [5.41, 5.74) is 0.907. The molecule has 5 nitrogen and oxygen atoms in total. The average Bonchev–Trinajstić information content (AvgIpc) is 3.00. The predicted molar refractivity (Wildman–Crippen MR) is 99.6 cm³/mol. The summed E-state index contributed by atoms with van der Waals surface area (Å²) in [7, 11) is 0. The Morgan fingerprint density at radius 1 is 1.00 bits per heavy atom. The number of nitrogens with zero attached hydrogens (tertiary/aromatic N) is 1. The molecule has 0 aliphatic carbocycles. The number of esters is 1. The Kier molecular flexibility index (Phi) is 4.11. The number of carbonyl (C=O) groups excluding carboxylic acids is 1. The van der Waals surface area contributed by atoms with E-state index in [1.807, 2.05) is 0 Å². The molecular formula is C19H9Cl2NO4. The van der Waals surface area contributed by atoms with Gasteiger partial charge >= 0.3 is 5.97 Å². The zero-order chi connectivity index (χ0) is 18.3. The van der Waals surface area contributed by atoms with Crippen LogP contribution in [0, 0.1) is 0 Å². The molecule has 0 atom stereocenters. The van der Waals surface area contributed by atoms with Crippen LogP contribution >= 0.6 is 23.2 Å². The van der Waals surface area contributed by atoms with Crippen LogP contribution in [0.2, 0.25) is 10.0 Å². The Labute approximate surface area is 157 Å². The molecule has 1 aliphatic rings. The minimum atomic E-state index is -0.668. The van der Waals surface area contributed by atoms with Gasteiger partial charge in [0.25, 0.3) is 0 Å². The van der Waals surface area contributed by atoms with Crippen LogP contribution in [0.5, 0.6) is 0 Å². The summed E-state index contributed by atoms with van der Waals surface area (Å²) in [6.07, 6.45) is 2.63. The SMILES string of the molecule is O=C1OC(c2ccc(Cl)c(Cl)c2)=N/C1=C\c1coc2ccccc2c1=O. The molecule has 0 bridgehead atoms. The van der Waals surface area contributed by atoms with Gasteiger partial charge in [-0.1, -0.05) is 35.3 Å². The topological polar surface area (TPSA) is 68.9 Å². The molecule has 0 radical (unpaired) electrons. The molecule has 0 saturated carbocycles. The molecule has 0 spiro atoms. The van der Waals surface area contributed by atoms with Crippen molar-refractivity contribution < 1.29 is 13.9 Å². The molecule has 26 heavy (non-hydrogen) atoms. The van der Waals surface area contributed by atoms with Crippen molar-refractivity contribution in [2.75, 3.05) is 0 Å². The first-order chi connectivity index (χ1) is 12.5. The molecule has 0 N–H and O–H groups in total. The number of carbonyl (C=O) groups is 1. The summed E-state index contributed by atoms with van der Waals surface area (Å²) in [5.74, 6) is -0.580. The first-order valence-corrected chi connectivity index (χ1v) is 8.27. The fourth-order valence-corrected chi connectivity index (χ4v) is 2.80. The first-order valence-electron chi connectivity index (χ1n) is 7.51. The second kappa shape index (κ2) is 6.44. The van der Waals surface area contributed by atoms with Crippen LogP contribution in [0.25, 0.3) is 17.0 Å². The maximum atomic E-state index is 12.5. The Morgan fingerprint density at radius 3 is 2.62 bits per heavy atom. The summed E-state index contributed by atoms with van der Waals surface area (Å²) in [5, 5.41) is 1.11. The third-order valence-electron chi connectivity index (χ3n) is 3.79. The highest BCUT2D eigenvalue weighted by Gasteiger charge is 2.25. The molecule has 0 amide bonds. The van der Waals surface area contributed by atoms with Gasteiger partial charge < -0.3 is 9.15 Å². The number of benzene rings is 2. The highest BCUT2D eigenvalue weighted by Crippen LogP contribution is 2.25. The number of aliphatic imine (C=N–C) groups is 1. The maximum Gasteiger partial charge on any atom is 0.363 e.